The van der Waals surface area contributed by atoms with E-state index in [-0.39, 0.29) is 0 Å². The standard InChI is InChI=1S/C38H30NO4P/c1-41-34-23-22-29-25-31(21-20-30(29)26-34)37-27-35(36-19-11-12-24-39(36)37)38(28-13-5-2-6-14-28)44(40,42-32-15-7-3-8-16-32)43-33-17-9-4-10-18-33/h2-27,38H,1H3. The van der Waals surface area contributed by atoms with Crippen molar-refractivity contribution in [2.24, 2.45) is 0 Å². The van der Waals surface area contributed by atoms with Crippen LogP contribution in [0.4, 0.5) is 0 Å². The van der Waals surface area contributed by atoms with Gasteiger partial charge >= 0.3 is 7.60 Å². The third kappa shape index (κ3) is 5.34. The summed E-state index contributed by atoms with van der Waals surface area (Å²) in [5.74, 6) is 1.77. The molecule has 0 amide bonds. The van der Waals surface area contributed by atoms with Crippen LogP contribution in [-0.4, -0.2) is 11.5 Å². The van der Waals surface area contributed by atoms with Crippen molar-refractivity contribution in [3.05, 3.63) is 169 Å². The fraction of sp³-hybridized carbons (Fsp3) is 0.0526. The van der Waals surface area contributed by atoms with E-state index in [0.717, 1.165) is 44.4 Å². The van der Waals surface area contributed by atoms with Crippen LogP contribution in [0.2, 0.25) is 0 Å². The minimum atomic E-state index is -3.98. The molecule has 7 aromatic rings. The van der Waals surface area contributed by atoms with Gasteiger partial charge in [-0.1, -0.05) is 91.0 Å². The van der Waals surface area contributed by atoms with Gasteiger partial charge in [-0.15, -0.1) is 0 Å². The summed E-state index contributed by atoms with van der Waals surface area (Å²) in [6.07, 6.45) is 2.04. The summed E-state index contributed by atoms with van der Waals surface area (Å²) in [5.41, 5.74) is 3.86. The van der Waals surface area contributed by atoms with Crippen LogP contribution in [0.15, 0.2) is 158 Å². The van der Waals surface area contributed by atoms with Gasteiger partial charge in [0, 0.05) is 11.8 Å². The minimum absolute atomic E-state index is 0.474. The Hall–Kier alpha value is -5.25. The lowest BCUT2D eigenvalue weighted by atomic mass is 10.0. The summed E-state index contributed by atoms with van der Waals surface area (Å²) in [6.45, 7) is 0. The molecule has 0 aliphatic rings. The average molecular weight is 596 g/mol. The number of ether oxygens (including phenoxy) is 1. The number of para-hydroxylation sites is 2. The molecule has 0 fully saturated rings. The molecular weight excluding hydrogens is 565 g/mol. The van der Waals surface area contributed by atoms with E-state index in [1.54, 1.807) is 31.4 Å². The van der Waals surface area contributed by atoms with E-state index in [4.69, 9.17) is 13.8 Å². The van der Waals surface area contributed by atoms with Crippen molar-refractivity contribution < 1.29 is 18.3 Å². The normalized spacial score (nSPS) is 12.2. The molecule has 2 aromatic heterocycles. The minimum Gasteiger partial charge on any atom is -0.497 e. The van der Waals surface area contributed by atoms with E-state index in [1.165, 1.54) is 0 Å². The lowest BCUT2D eigenvalue weighted by Gasteiger charge is -2.28. The van der Waals surface area contributed by atoms with Gasteiger partial charge in [0.25, 0.3) is 0 Å². The number of pyridine rings is 1. The number of methoxy groups -OCH3 is 1. The molecule has 0 spiro atoms. The number of nitrogens with zero attached hydrogens (tertiary/aromatic N) is 1. The Morgan fingerprint density at radius 2 is 1.18 bits per heavy atom. The summed E-state index contributed by atoms with van der Waals surface area (Å²) in [7, 11) is -2.30. The molecule has 0 aliphatic heterocycles. The quantitative estimate of drug-likeness (QED) is 0.156. The lowest BCUT2D eigenvalue weighted by molar-refractivity contribution is 0.378. The predicted octanol–water partition coefficient (Wildman–Crippen LogP) is 10.2. The summed E-state index contributed by atoms with van der Waals surface area (Å²) in [5, 5.41) is 2.19. The first-order valence-electron chi connectivity index (χ1n) is 14.4. The van der Waals surface area contributed by atoms with Gasteiger partial charge in [-0.25, -0.2) is 4.57 Å². The van der Waals surface area contributed by atoms with E-state index >= 15 is 4.57 Å². The molecule has 6 heteroatoms. The molecule has 216 valence electrons. The molecule has 1 atom stereocenters. The van der Waals surface area contributed by atoms with Gasteiger partial charge in [0.2, 0.25) is 0 Å². The Morgan fingerprint density at radius 3 is 1.84 bits per heavy atom. The number of aromatic nitrogens is 1. The van der Waals surface area contributed by atoms with Crippen LogP contribution in [-0.2, 0) is 4.57 Å². The fourth-order valence-corrected chi connectivity index (χ4v) is 7.84. The molecule has 0 saturated heterocycles. The van der Waals surface area contributed by atoms with Crippen LogP contribution in [0.3, 0.4) is 0 Å². The molecule has 5 aromatic carbocycles. The third-order valence-electron chi connectivity index (χ3n) is 7.73. The van der Waals surface area contributed by atoms with Crippen LogP contribution in [0.25, 0.3) is 27.5 Å². The van der Waals surface area contributed by atoms with Gasteiger partial charge in [0.05, 0.1) is 18.3 Å². The maximum Gasteiger partial charge on any atom is 0.442 e. The largest absolute Gasteiger partial charge is 0.497 e. The van der Waals surface area contributed by atoms with Gasteiger partial charge < -0.3 is 18.2 Å². The Morgan fingerprint density at radius 1 is 0.591 bits per heavy atom. The first-order chi connectivity index (χ1) is 21.6. The highest BCUT2D eigenvalue weighted by molar-refractivity contribution is 7.55. The van der Waals surface area contributed by atoms with E-state index in [1.807, 2.05) is 97.2 Å². The first kappa shape index (κ1) is 27.6. The number of hydrogen-bond donors (Lipinski definition) is 0. The maximum absolute atomic E-state index is 15.4. The van der Waals surface area contributed by atoms with Crippen molar-refractivity contribution in [2.45, 2.75) is 5.66 Å². The highest BCUT2D eigenvalue weighted by Gasteiger charge is 2.43. The van der Waals surface area contributed by atoms with E-state index in [9.17, 15) is 0 Å². The average Bonchev–Trinajstić information content (AvgIpc) is 3.44. The zero-order valence-electron chi connectivity index (χ0n) is 24.1. The molecular formula is C38H30NO4P. The second kappa shape index (κ2) is 11.8. The van der Waals surface area contributed by atoms with Crippen molar-refractivity contribution >= 4 is 23.9 Å². The number of rotatable bonds is 9. The number of fused-ring (bicyclic) bond motifs is 2. The van der Waals surface area contributed by atoms with Gasteiger partial charge in [0.15, 0.2) is 0 Å². The van der Waals surface area contributed by atoms with Gasteiger partial charge in [0.1, 0.15) is 22.9 Å². The van der Waals surface area contributed by atoms with E-state index in [2.05, 4.69) is 40.8 Å². The number of hydrogen-bond acceptors (Lipinski definition) is 4. The van der Waals surface area contributed by atoms with Crippen LogP contribution >= 0.6 is 7.60 Å². The Labute approximate surface area is 256 Å². The first-order valence-corrected chi connectivity index (χ1v) is 16.0. The molecule has 7 rings (SSSR count). The third-order valence-corrected chi connectivity index (χ3v) is 9.87. The zero-order valence-corrected chi connectivity index (χ0v) is 25.0. The van der Waals surface area contributed by atoms with Gasteiger partial charge in [-0.2, -0.15) is 0 Å². The zero-order chi connectivity index (χ0) is 29.9. The van der Waals surface area contributed by atoms with E-state index in [0.29, 0.717) is 11.5 Å². The second-order valence-electron chi connectivity index (χ2n) is 10.5. The van der Waals surface area contributed by atoms with Gasteiger partial charge in [-0.05, 0) is 82.6 Å². The van der Waals surface area contributed by atoms with Crippen LogP contribution in [0.5, 0.6) is 17.2 Å². The van der Waals surface area contributed by atoms with Crippen LogP contribution < -0.4 is 13.8 Å². The van der Waals surface area contributed by atoms with Crippen molar-refractivity contribution in [1.82, 2.24) is 4.40 Å². The fourth-order valence-electron chi connectivity index (χ4n) is 5.68. The van der Waals surface area contributed by atoms with E-state index < -0.39 is 13.3 Å². The molecule has 0 bridgehead atoms. The van der Waals surface area contributed by atoms with Crippen molar-refractivity contribution in [2.75, 3.05) is 7.11 Å². The van der Waals surface area contributed by atoms with Crippen molar-refractivity contribution in [3.8, 4) is 28.5 Å². The van der Waals surface area contributed by atoms with Crippen molar-refractivity contribution in [3.63, 3.8) is 0 Å². The predicted molar refractivity (Wildman–Crippen MR) is 177 cm³/mol. The van der Waals surface area contributed by atoms with Crippen LogP contribution in [0.1, 0.15) is 16.8 Å². The molecule has 0 radical (unpaired) electrons. The highest BCUT2D eigenvalue weighted by atomic mass is 31.2. The van der Waals surface area contributed by atoms with Crippen molar-refractivity contribution in [1.29, 1.82) is 0 Å². The Bertz CT molecular complexity index is 2050. The topological polar surface area (TPSA) is 49.2 Å². The Balaban J connectivity index is 1.44. The molecule has 0 saturated carbocycles. The van der Waals surface area contributed by atoms with Gasteiger partial charge in [-0.3, -0.25) is 0 Å². The number of benzene rings is 5. The summed E-state index contributed by atoms with van der Waals surface area (Å²) < 4.78 is 35.9. The molecule has 0 aliphatic carbocycles. The molecule has 44 heavy (non-hydrogen) atoms. The lowest BCUT2D eigenvalue weighted by Crippen LogP contribution is -2.12. The molecule has 0 N–H and O–H groups in total. The summed E-state index contributed by atoms with van der Waals surface area (Å²) >= 11 is 0. The molecule has 5 nitrogen and oxygen atoms in total. The SMILES string of the molecule is COc1ccc2cc(-c3cc(C(c4ccccc4)P(=O)(Oc4ccccc4)Oc4ccccc4)c4ccccn34)ccc2c1. The summed E-state index contributed by atoms with van der Waals surface area (Å²) in [6, 6.07) is 48.9. The Kier molecular flexibility index (Phi) is 7.39. The molecule has 2 heterocycles. The molecule has 1 unspecified atom stereocenters. The monoisotopic (exact) mass is 595 g/mol. The second-order valence-corrected chi connectivity index (χ2v) is 12.5. The van der Waals surface area contributed by atoms with Crippen LogP contribution in [0, 0.1) is 0 Å². The highest BCUT2D eigenvalue weighted by Crippen LogP contribution is 2.63. The smallest absolute Gasteiger partial charge is 0.442 e. The summed E-state index contributed by atoms with van der Waals surface area (Å²) in [4.78, 5) is 0. The maximum atomic E-state index is 15.4.